The number of anilines is 1. The number of morpholine rings is 1. The Bertz CT molecular complexity index is 686. The van der Waals surface area contributed by atoms with Crippen LogP contribution in [-0.2, 0) is 4.74 Å². The number of carbonyl (C=O) groups excluding carboxylic acids is 1. The molecule has 1 N–H and O–H groups in total. The minimum Gasteiger partial charge on any atom is -0.379 e. The van der Waals surface area contributed by atoms with E-state index in [0.717, 1.165) is 51.5 Å². The van der Waals surface area contributed by atoms with E-state index in [9.17, 15) is 4.79 Å². The van der Waals surface area contributed by atoms with Crippen molar-refractivity contribution in [2.24, 2.45) is 0 Å². The highest BCUT2D eigenvalue weighted by molar-refractivity contribution is 5.94. The fourth-order valence-corrected chi connectivity index (χ4v) is 5.42. The largest absolute Gasteiger partial charge is 0.379 e. The molecule has 6 nitrogen and oxygen atoms in total. The Hall–Kier alpha value is -1.63. The highest BCUT2D eigenvalue weighted by atomic mass is 16.5. The molecule has 1 aromatic rings. The molecule has 30 heavy (non-hydrogen) atoms. The van der Waals surface area contributed by atoms with Crippen molar-refractivity contribution < 1.29 is 9.53 Å². The molecule has 0 bridgehead atoms. The lowest BCUT2D eigenvalue weighted by Gasteiger charge is -2.45. The Morgan fingerprint density at radius 3 is 2.30 bits per heavy atom. The average molecular weight is 415 g/mol. The monoisotopic (exact) mass is 414 g/mol. The second-order valence-electron chi connectivity index (χ2n) is 9.42. The van der Waals surface area contributed by atoms with E-state index in [2.05, 4.69) is 27.2 Å². The summed E-state index contributed by atoms with van der Waals surface area (Å²) in [6, 6.07) is 8.70. The number of piperidine rings is 1. The number of ether oxygens (including phenoxy) is 1. The van der Waals surface area contributed by atoms with E-state index in [4.69, 9.17) is 4.74 Å². The van der Waals surface area contributed by atoms with E-state index in [1.807, 2.05) is 12.1 Å². The van der Waals surface area contributed by atoms with Crippen molar-refractivity contribution in [3.63, 3.8) is 0 Å². The molecule has 1 saturated carbocycles. The lowest BCUT2D eigenvalue weighted by atomic mass is 9.93. The highest BCUT2D eigenvalue weighted by Gasteiger charge is 2.40. The first-order chi connectivity index (χ1) is 14.6. The number of nitrogens with one attached hydrogen (secondary N) is 1. The summed E-state index contributed by atoms with van der Waals surface area (Å²) in [5.74, 6) is 0.0607. The Morgan fingerprint density at radius 2 is 1.70 bits per heavy atom. The van der Waals surface area contributed by atoms with Crippen LogP contribution >= 0.6 is 0 Å². The normalized spacial score (nSPS) is 22.9. The molecule has 2 saturated heterocycles. The summed E-state index contributed by atoms with van der Waals surface area (Å²) in [7, 11) is 3.59. The Morgan fingerprint density at radius 1 is 1.07 bits per heavy atom. The van der Waals surface area contributed by atoms with Crippen LogP contribution in [0.1, 0.15) is 48.9 Å². The number of nitrogens with zero attached hydrogens (tertiary/aromatic N) is 3. The predicted octanol–water partition coefficient (Wildman–Crippen LogP) is 2.59. The van der Waals surface area contributed by atoms with E-state index in [1.165, 1.54) is 44.2 Å². The minimum absolute atomic E-state index is 0.0607. The SMILES string of the molecule is CN(C)C(=O)c1ccc(N2CCC(NCC3(N4CCOCC4)CCCC3)CC2)cc1. The van der Waals surface area contributed by atoms with Gasteiger partial charge in [0, 0.05) is 69.7 Å². The Labute approximate surface area is 181 Å². The van der Waals surface area contributed by atoms with Gasteiger partial charge in [0.15, 0.2) is 0 Å². The van der Waals surface area contributed by atoms with Crippen LogP contribution in [0.2, 0.25) is 0 Å². The van der Waals surface area contributed by atoms with Crippen molar-refractivity contribution in [3.8, 4) is 0 Å². The van der Waals surface area contributed by atoms with Crippen molar-refractivity contribution in [3.05, 3.63) is 29.8 Å². The van der Waals surface area contributed by atoms with Gasteiger partial charge in [-0.15, -0.1) is 0 Å². The molecular formula is C24H38N4O2. The summed E-state index contributed by atoms with van der Waals surface area (Å²) in [5.41, 5.74) is 2.34. The lowest BCUT2D eigenvalue weighted by molar-refractivity contribution is -0.0214. The number of benzene rings is 1. The molecule has 0 radical (unpaired) electrons. The van der Waals surface area contributed by atoms with Gasteiger partial charge in [0.05, 0.1) is 13.2 Å². The maximum absolute atomic E-state index is 12.1. The first kappa shape index (κ1) is 21.6. The summed E-state index contributed by atoms with van der Waals surface area (Å²) < 4.78 is 5.60. The van der Waals surface area contributed by atoms with Gasteiger partial charge < -0.3 is 19.9 Å². The van der Waals surface area contributed by atoms with Crippen molar-refractivity contribution >= 4 is 11.6 Å². The van der Waals surface area contributed by atoms with Crippen LogP contribution in [-0.4, -0.2) is 87.3 Å². The third-order valence-corrected chi connectivity index (χ3v) is 7.32. The number of rotatable bonds is 6. The second-order valence-corrected chi connectivity index (χ2v) is 9.42. The van der Waals surface area contributed by atoms with Crippen LogP contribution < -0.4 is 10.2 Å². The third-order valence-electron chi connectivity index (χ3n) is 7.32. The maximum atomic E-state index is 12.1. The fourth-order valence-electron chi connectivity index (χ4n) is 5.42. The molecule has 6 heteroatoms. The molecule has 1 aliphatic carbocycles. The zero-order valence-electron chi connectivity index (χ0n) is 18.7. The minimum atomic E-state index is 0.0607. The Balaban J connectivity index is 1.28. The maximum Gasteiger partial charge on any atom is 0.253 e. The zero-order chi connectivity index (χ0) is 21.0. The van der Waals surface area contributed by atoms with Gasteiger partial charge in [0.2, 0.25) is 0 Å². The van der Waals surface area contributed by atoms with Crippen LogP contribution in [0.5, 0.6) is 0 Å². The third kappa shape index (κ3) is 4.82. The van der Waals surface area contributed by atoms with E-state index >= 15 is 0 Å². The number of hydrogen-bond acceptors (Lipinski definition) is 5. The van der Waals surface area contributed by atoms with Gasteiger partial charge in [-0.05, 0) is 49.9 Å². The number of amides is 1. The topological polar surface area (TPSA) is 48.1 Å². The first-order valence-corrected chi connectivity index (χ1v) is 11.7. The highest BCUT2D eigenvalue weighted by Crippen LogP contribution is 2.35. The average Bonchev–Trinajstić information content (AvgIpc) is 3.28. The smallest absolute Gasteiger partial charge is 0.253 e. The molecular weight excluding hydrogens is 376 g/mol. The molecule has 4 rings (SSSR count). The van der Waals surface area contributed by atoms with Gasteiger partial charge in [-0.1, -0.05) is 12.8 Å². The van der Waals surface area contributed by atoms with E-state index in [1.54, 1.807) is 19.0 Å². The van der Waals surface area contributed by atoms with Crippen LogP contribution in [0.3, 0.4) is 0 Å². The second kappa shape index (κ2) is 9.67. The molecule has 0 unspecified atom stereocenters. The van der Waals surface area contributed by atoms with Crippen LogP contribution in [0.25, 0.3) is 0 Å². The van der Waals surface area contributed by atoms with Crippen molar-refractivity contribution in [2.75, 3.05) is 64.9 Å². The molecule has 3 fully saturated rings. The molecule has 2 heterocycles. The van der Waals surface area contributed by atoms with Crippen molar-refractivity contribution in [1.82, 2.24) is 15.1 Å². The van der Waals surface area contributed by atoms with Gasteiger partial charge in [0.1, 0.15) is 0 Å². The first-order valence-electron chi connectivity index (χ1n) is 11.7. The summed E-state index contributed by atoms with van der Waals surface area (Å²) in [6.07, 6.45) is 7.75. The molecule has 0 aromatic heterocycles. The summed E-state index contributed by atoms with van der Waals surface area (Å²) >= 11 is 0. The molecule has 1 amide bonds. The van der Waals surface area contributed by atoms with Gasteiger partial charge in [0.25, 0.3) is 5.91 Å². The number of hydrogen-bond donors (Lipinski definition) is 1. The molecule has 166 valence electrons. The standard InChI is InChI=1S/C24H38N4O2/c1-26(2)23(29)20-5-7-22(8-6-20)27-13-9-21(10-14-27)25-19-24(11-3-4-12-24)28-15-17-30-18-16-28/h5-8,21,25H,3-4,9-19H2,1-2H3. The Kier molecular flexibility index (Phi) is 6.96. The van der Waals surface area contributed by atoms with E-state index < -0.39 is 0 Å². The molecule has 0 atom stereocenters. The van der Waals surface area contributed by atoms with Crippen molar-refractivity contribution in [2.45, 2.75) is 50.1 Å². The van der Waals surface area contributed by atoms with Crippen molar-refractivity contribution in [1.29, 1.82) is 0 Å². The van der Waals surface area contributed by atoms with Crippen LogP contribution in [0, 0.1) is 0 Å². The summed E-state index contributed by atoms with van der Waals surface area (Å²) in [4.78, 5) is 18.9. The van der Waals surface area contributed by atoms with Crippen LogP contribution in [0.4, 0.5) is 5.69 Å². The van der Waals surface area contributed by atoms with Gasteiger partial charge >= 0.3 is 0 Å². The predicted molar refractivity (Wildman–Crippen MR) is 121 cm³/mol. The van der Waals surface area contributed by atoms with E-state index in [-0.39, 0.29) is 5.91 Å². The molecule has 1 aromatic carbocycles. The van der Waals surface area contributed by atoms with E-state index in [0.29, 0.717) is 11.6 Å². The number of carbonyl (C=O) groups is 1. The molecule has 0 spiro atoms. The van der Waals surface area contributed by atoms with Gasteiger partial charge in [-0.25, -0.2) is 0 Å². The molecule has 3 aliphatic rings. The van der Waals surface area contributed by atoms with Gasteiger partial charge in [-0.2, -0.15) is 0 Å². The quantitative estimate of drug-likeness (QED) is 0.775. The van der Waals surface area contributed by atoms with Crippen LogP contribution in [0.15, 0.2) is 24.3 Å². The molecule has 2 aliphatic heterocycles. The zero-order valence-corrected chi connectivity index (χ0v) is 18.7. The van der Waals surface area contributed by atoms with Gasteiger partial charge in [-0.3, -0.25) is 9.69 Å². The summed E-state index contributed by atoms with van der Waals surface area (Å²) in [6.45, 7) is 7.22. The summed E-state index contributed by atoms with van der Waals surface area (Å²) in [5, 5.41) is 3.95. The lowest BCUT2D eigenvalue weighted by Crippen LogP contribution is -2.58. The fraction of sp³-hybridized carbons (Fsp3) is 0.708.